The Hall–Kier alpha value is -0.530. The molecule has 0 aromatic rings. The van der Waals surface area contributed by atoms with Crippen LogP contribution in [0.4, 0.5) is 0 Å². The molecule has 1 aliphatic carbocycles. The summed E-state index contributed by atoms with van der Waals surface area (Å²) in [6.45, 7) is 2.09. The van der Waals surface area contributed by atoms with Gasteiger partial charge in [-0.25, -0.2) is 0 Å². The Morgan fingerprint density at radius 2 is 1.18 bits per heavy atom. The quantitative estimate of drug-likeness (QED) is 0.632. The largest absolute Gasteiger partial charge is 0.469 e. The van der Waals surface area contributed by atoms with Gasteiger partial charge < -0.3 is 4.74 Å². The fourth-order valence-corrected chi connectivity index (χ4v) is 2.84. The average molecular weight is 240 g/mol. The molecule has 0 N–H and O–H groups in total. The summed E-state index contributed by atoms with van der Waals surface area (Å²) in [5.41, 5.74) is -0.228. The third-order valence-corrected chi connectivity index (χ3v) is 4.14. The molecule has 0 aromatic carbocycles. The van der Waals surface area contributed by atoms with Crippen molar-refractivity contribution >= 4 is 5.97 Å². The molecule has 2 heteroatoms. The van der Waals surface area contributed by atoms with Crippen LogP contribution in [0.5, 0.6) is 0 Å². The van der Waals surface area contributed by atoms with Gasteiger partial charge >= 0.3 is 5.97 Å². The highest BCUT2D eigenvalue weighted by molar-refractivity contribution is 5.76. The van der Waals surface area contributed by atoms with Gasteiger partial charge in [0.1, 0.15) is 0 Å². The van der Waals surface area contributed by atoms with E-state index in [0.717, 1.165) is 12.8 Å². The molecule has 0 unspecified atom stereocenters. The van der Waals surface area contributed by atoms with E-state index < -0.39 is 0 Å². The fraction of sp³-hybridized carbons (Fsp3) is 0.933. The summed E-state index contributed by atoms with van der Waals surface area (Å²) in [4.78, 5) is 11.9. The molecule has 0 amide bonds. The first-order valence-electron chi connectivity index (χ1n) is 7.27. The number of methoxy groups -OCH3 is 1. The zero-order valence-corrected chi connectivity index (χ0v) is 11.6. The van der Waals surface area contributed by atoms with E-state index in [1.54, 1.807) is 0 Å². The van der Waals surface area contributed by atoms with E-state index in [1.807, 2.05) is 0 Å². The smallest absolute Gasteiger partial charge is 0.311 e. The summed E-state index contributed by atoms with van der Waals surface area (Å²) in [6.07, 6.45) is 13.7. The molecule has 0 heterocycles. The van der Waals surface area contributed by atoms with E-state index in [-0.39, 0.29) is 11.4 Å². The summed E-state index contributed by atoms with van der Waals surface area (Å²) in [7, 11) is 1.52. The highest BCUT2D eigenvalue weighted by Gasteiger charge is 2.33. The first-order chi connectivity index (χ1) is 8.19. The maximum atomic E-state index is 11.9. The molecule has 1 fully saturated rings. The molecular weight excluding hydrogens is 212 g/mol. The molecule has 0 bridgehead atoms. The highest BCUT2D eigenvalue weighted by atomic mass is 16.5. The number of ether oxygens (including phenoxy) is 1. The number of carbonyl (C=O) groups excluding carboxylic acids is 1. The number of rotatable bonds is 1. The second kappa shape index (κ2) is 7.73. The van der Waals surface area contributed by atoms with Crippen molar-refractivity contribution in [2.75, 3.05) is 7.11 Å². The minimum atomic E-state index is -0.228. The molecule has 0 atom stereocenters. The Morgan fingerprint density at radius 3 is 1.53 bits per heavy atom. The van der Waals surface area contributed by atoms with E-state index in [2.05, 4.69) is 6.92 Å². The molecule has 1 aliphatic rings. The minimum absolute atomic E-state index is 0.00504. The molecular formula is C15H28O2. The summed E-state index contributed by atoms with van der Waals surface area (Å²) >= 11 is 0. The molecule has 2 nitrogen and oxygen atoms in total. The van der Waals surface area contributed by atoms with Gasteiger partial charge in [0.15, 0.2) is 0 Å². The van der Waals surface area contributed by atoms with Crippen molar-refractivity contribution in [3.63, 3.8) is 0 Å². The number of hydrogen-bond donors (Lipinski definition) is 0. The number of carbonyl (C=O) groups is 1. The second-order valence-electron chi connectivity index (χ2n) is 5.73. The van der Waals surface area contributed by atoms with Crippen molar-refractivity contribution in [2.45, 2.75) is 77.6 Å². The summed E-state index contributed by atoms with van der Waals surface area (Å²) in [5.74, 6) is -0.00504. The molecule has 1 saturated carbocycles. The van der Waals surface area contributed by atoms with Crippen LogP contribution in [-0.2, 0) is 9.53 Å². The third kappa shape index (κ3) is 5.10. The molecule has 1 rings (SSSR count). The predicted octanol–water partition coefficient (Wildman–Crippen LogP) is 4.47. The van der Waals surface area contributed by atoms with Gasteiger partial charge in [-0.2, -0.15) is 0 Å². The summed E-state index contributed by atoms with van der Waals surface area (Å²) in [6, 6.07) is 0. The van der Waals surface area contributed by atoms with Crippen LogP contribution >= 0.6 is 0 Å². The SMILES string of the molecule is COC(=O)C1(C)CCCCCCCCCCC1. The van der Waals surface area contributed by atoms with E-state index in [9.17, 15) is 4.79 Å². The van der Waals surface area contributed by atoms with Crippen molar-refractivity contribution in [1.82, 2.24) is 0 Å². The molecule has 0 saturated heterocycles. The predicted molar refractivity (Wildman–Crippen MR) is 70.9 cm³/mol. The van der Waals surface area contributed by atoms with E-state index >= 15 is 0 Å². The minimum Gasteiger partial charge on any atom is -0.469 e. The van der Waals surface area contributed by atoms with Gasteiger partial charge in [0, 0.05) is 0 Å². The van der Waals surface area contributed by atoms with E-state index in [1.165, 1.54) is 64.9 Å². The maximum Gasteiger partial charge on any atom is 0.311 e. The van der Waals surface area contributed by atoms with Crippen LogP contribution < -0.4 is 0 Å². The molecule has 0 spiro atoms. The van der Waals surface area contributed by atoms with Gasteiger partial charge in [0.25, 0.3) is 0 Å². The Kier molecular flexibility index (Phi) is 6.61. The fourth-order valence-electron chi connectivity index (χ4n) is 2.84. The lowest BCUT2D eigenvalue weighted by Crippen LogP contribution is -2.29. The van der Waals surface area contributed by atoms with Crippen molar-refractivity contribution in [1.29, 1.82) is 0 Å². The molecule has 0 aromatic heterocycles. The lowest BCUT2D eigenvalue weighted by Gasteiger charge is -2.27. The van der Waals surface area contributed by atoms with Crippen LogP contribution in [0.1, 0.15) is 77.6 Å². The Labute approximate surface area is 106 Å². The standard InChI is InChI=1S/C15H28O2/c1-15(14(16)17-2)12-10-8-6-4-3-5-7-9-11-13-15/h3-13H2,1-2H3. The van der Waals surface area contributed by atoms with Gasteiger partial charge in [0.2, 0.25) is 0 Å². The highest BCUT2D eigenvalue weighted by Crippen LogP contribution is 2.33. The first kappa shape index (κ1) is 14.5. The van der Waals surface area contributed by atoms with E-state index in [4.69, 9.17) is 4.74 Å². The summed E-state index contributed by atoms with van der Waals surface area (Å²) in [5, 5.41) is 0. The number of esters is 1. The second-order valence-corrected chi connectivity index (χ2v) is 5.73. The van der Waals surface area contributed by atoms with Crippen LogP contribution in [0.2, 0.25) is 0 Å². The van der Waals surface area contributed by atoms with Gasteiger partial charge in [-0.1, -0.05) is 57.8 Å². The van der Waals surface area contributed by atoms with Gasteiger partial charge in [0.05, 0.1) is 12.5 Å². The zero-order chi connectivity index (χ0) is 12.6. The van der Waals surface area contributed by atoms with Crippen LogP contribution in [0.3, 0.4) is 0 Å². The lowest BCUT2D eigenvalue weighted by molar-refractivity contribution is -0.152. The van der Waals surface area contributed by atoms with Crippen molar-refractivity contribution in [3.05, 3.63) is 0 Å². The Morgan fingerprint density at radius 1 is 0.824 bits per heavy atom. The molecule has 0 aliphatic heterocycles. The van der Waals surface area contributed by atoms with Gasteiger partial charge in [-0.05, 0) is 19.8 Å². The Bertz CT molecular complexity index is 211. The molecule has 17 heavy (non-hydrogen) atoms. The van der Waals surface area contributed by atoms with Crippen molar-refractivity contribution in [3.8, 4) is 0 Å². The first-order valence-corrected chi connectivity index (χ1v) is 7.27. The average Bonchev–Trinajstić information content (AvgIpc) is 2.32. The number of hydrogen-bond acceptors (Lipinski definition) is 2. The normalized spacial score (nSPS) is 23.2. The van der Waals surface area contributed by atoms with E-state index in [0.29, 0.717) is 0 Å². The monoisotopic (exact) mass is 240 g/mol. The van der Waals surface area contributed by atoms with Crippen LogP contribution in [0.15, 0.2) is 0 Å². The van der Waals surface area contributed by atoms with Gasteiger partial charge in [-0.15, -0.1) is 0 Å². The molecule has 0 radical (unpaired) electrons. The zero-order valence-electron chi connectivity index (χ0n) is 11.6. The third-order valence-electron chi connectivity index (χ3n) is 4.14. The topological polar surface area (TPSA) is 26.3 Å². The van der Waals surface area contributed by atoms with Crippen molar-refractivity contribution in [2.24, 2.45) is 5.41 Å². The maximum absolute atomic E-state index is 11.9. The van der Waals surface area contributed by atoms with Crippen molar-refractivity contribution < 1.29 is 9.53 Å². The van der Waals surface area contributed by atoms with Crippen LogP contribution in [0, 0.1) is 5.41 Å². The van der Waals surface area contributed by atoms with Crippen LogP contribution in [0.25, 0.3) is 0 Å². The summed E-state index contributed by atoms with van der Waals surface area (Å²) < 4.78 is 4.98. The Balaban J connectivity index is 2.50. The molecule has 100 valence electrons. The lowest BCUT2D eigenvalue weighted by atomic mass is 9.79. The van der Waals surface area contributed by atoms with Crippen LogP contribution in [-0.4, -0.2) is 13.1 Å². The van der Waals surface area contributed by atoms with Gasteiger partial charge in [-0.3, -0.25) is 4.79 Å².